The van der Waals surface area contributed by atoms with Crippen LogP contribution in [0.5, 0.6) is 0 Å². The van der Waals surface area contributed by atoms with Gasteiger partial charge in [-0.1, -0.05) is 0 Å². The van der Waals surface area contributed by atoms with Gasteiger partial charge >= 0.3 is 0 Å². The van der Waals surface area contributed by atoms with Crippen molar-refractivity contribution in [1.29, 1.82) is 0 Å². The van der Waals surface area contributed by atoms with Crippen LogP contribution in [0, 0.1) is 26.2 Å². The maximum absolute atomic E-state index is 14.9. The van der Waals surface area contributed by atoms with E-state index in [9.17, 15) is 9.50 Å². The third kappa shape index (κ3) is 2.94. The van der Waals surface area contributed by atoms with Crippen LogP contribution in [0.25, 0.3) is 26.9 Å². The molecule has 4 nitrogen and oxygen atoms in total. The molecule has 0 bridgehead atoms. The van der Waals surface area contributed by atoms with Crippen molar-refractivity contribution in [2.24, 2.45) is 0 Å². The molecule has 1 aliphatic carbocycles. The molecular formula is C23H24FN3O. The van der Waals surface area contributed by atoms with Crippen molar-refractivity contribution in [2.75, 3.05) is 5.73 Å². The number of aliphatic hydroxyl groups is 1. The number of benzene rings is 2. The summed E-state index contributed by atoms with van der Waals surface area (Å²) in [5.41, 5.74) is 11.1. The Morgan fingerprint density at radius 2 is 1.89 bits per heavy atom. The predicted molar refractivity (Wildman–Crippen MR) is 111 cm³/mol. The molecule has 0 atom stereocenters. The van der Waals surface area contributed by atoms with Gasteiger partial charge in [-0.2, -0.15) is 0 Å². The number of nitrogens with zero attached hydrogens (tertiary/aromatic N) is 2. The van der Waals surface area contributed by atoms with Crippen LogP contribution in [-0.4, -0.2) is 15.8 Å². The average Bonchev–Trinajstić information content (AvgIpc) is 3.03. The normalized spacial score (nSPS) is 19.7. The number of anilines is 1. The Bertz CT molecular complexity index is 1100. The first-order valence-electron chi connectivity index (χ1n) is 9.66. The topological polar surface area (TPSA) is 55.5 Å². The van der Waals surface area contributed by atoms with Crippen LogP contribution in [0.2, 0.25) is 0 Å². The first-order valence-corrected chi connectivity index (χ1v) is 9.66. The highest BCUT2D eigenvalue weighted by atomic mass is 19.1. The predicted octanol–water partition coefficient (Wildman–Crippen LogP) is 5.67. The minimum absolute atomic E-state index is 0.235. The summed E-state index contributed by atoms with van der Waals surface area (Å²) < 4.78 is 17.1. The second kappa shape index (κ2) is 6.96. The number of hydrogen-bond donors (Lipinski definition) is 2. The van der Waals surface area contributed by atoms with Crippen LogP contribution < -0.4 is 5.73 Å². The van der Waals surface area contributed by atoms with Crippen LogP contribution in [0.15, 0.2) is 30.5 Å². The largest absolute Gasteiger partial charge is 0.398 e. The fraction of sp³-hybridized carbons (Fsp3) is 0.348. The zero-order chi connectivity index (χ0) is 20.0. The molecular weight excluding hydrogens is 353 g/mol. The second-order valence-corrected chi connectivity index (χ2v) is 7.82. The third-order valence-corrected chi connectivity index (χ3v) is 6.06. The highest BCUT2D eigenvalue weighted by Gasteiger charge is 2.25. The fourth-order valence-electron chi connectivity index (χ4n) is 4.37. The van der Waals surface area contributed by atoms with Gasteiger partial charge in [-0.3, -0.25) is 0 Å². The summed E-state index contributed by atoms with van der Waals surface area (Å²) in [6.45, 7) is 11.2. The van der Waals surface area contributed by atoms with Crippen molar-refractivity contribution in [2.45, 2.75) is 51.7 Å². The van der Waals surface area contributed by atoms with Gasteiger partial charge in [-0.25, -0.2) is 9.24 Å². The van der Waals surface area contributed by atoms with Crippen molar-refractivity contribution in [1.82, 2.24) is 4.57 Å². The summed E-state index contributed by atoms with van der Waals surface area (Å²) in [6, 6.07) is 7.13. The van der Waals surface area contributed by atoms with Crippen LogP contribution in [0.3, 0.4) is 0 Å². The van der Waals surface area contributed by atoms with E-state index in [0.717, 1.165) is 47.7 Å². The number of aromatic nitrogens is 1. The molecule has 1 aliphatic rings. The summed E-state index contributed by atoms with van der Waals surface area (Å²) in [7, 11) is 0. The minimum Gasteiger partial charge on any atom is -0.398 e. The number of aryl methyl sites for hydroxylation is 1. The molecule has 5 heteroatoms. The number of halogens is 1. The molecule has 0 radical (unpaired) electrons. The molecule has 0 saturated heterocycles. The van der Waals surface area contributed by atoms with Crippen molar-refractivity contribution in [3.8, 4) is 11.1 Å². The van der Waals surface area contributed by atoms with Gasteiger partial charge < -0.3 is 15.4 Å². The lowest BCUT2D eigenvalue weighted by atomic mass is 9.93. The highest BCUT2D eigenvalue weighted by Crippen LogP contribution is 2.42. The van der Waals surface area contributed by atoms with E-state index in [1.54, 1.807) is 6.07 Å². The zero-order valence-electron chi connectivity index (χ0n) is 16.2. The lowest BCUT2D eigenvalue weighted by molar-refractivity contribution is 0.111. The quantitative estimate of drug-likeness (QED) is 0.446. The molecule has 0 spiro atoms. The molecule has 4 rings (SSSR count). The summed E-state index contributed by atoms with van der Waals surface area (Å²) in [6.07, 6.45) is 5.07. The summed E-state index contributed by atoms with van der Waals surface area (Å²) in [5.74, 6) is -0.310. The van der Waals surface area contributed by atoms with E-state index in [0.29, 0.717) is 22.5 Å². The molecule has 0 amide bonds. The van der Waals surface area contributed by atoms with E-state index >= 15 is 0 Å². The van der Waals surface area contributed by atoms with Gasteiger partial charge in [0.25, 0.3) is 0 Å². The number of rotatable bonds is 2. The Balaban J connectivity index is 1.99. The molecule has 1 heterocycles. The van der Waals surface area contributed by atoms with E-state index in [4.69, 9.17) is 12.3 Å². The SMILES string of the molecule is [C-]#[N+]c1cc2c(-c3c(F)ccc(N)c3C)cn(C3CCC(O)CC3)c2cc1C. The van der Waals surface area contributed by atoms with Crippen LogP contribution in [-0.2, 0) is 0 Å². The molecule has 1 fully saturated rings. The molecule has 1 aromatic heterocycles. The van der Waals surface area contributed by atoms with Crippen LogP contribution in [0.4, 0.5) is 15.8 Å². The van der Waals surface area contributed by atoms with E-state index in [-0.39, 0.29) is 18.0 Å². The number of hydrogen-bond acceptors (Lipinski definition) is 2. The van der Waals surface area contributed by atoms with Crippen molar-refractivity contribution in [3.63, 3.8) is 0 Å². The number of nitrogen functional groups attached to an aromatic ring is 1. The molecule has 144 valence electrons. The maximum atomic E-state index is 14.9. The summed E-state index contributed by atoms with van der Waals surface area (Å²) in [4.78, 5) is 3.64. The van der Waals surface area contributed by atoms with Gasteiger partial charge in [-0.15, -0.1) is 0 Å². The third-order valence-electron chi connectivity index (χ3n) is 6.06. The van der Waals surface area contributed by atoms with Gasteiger partial charge in [0, 0.05) is 34.6 Å². The Labute approximate surface area is 164 Å². The molecule has 3 N–H and O–H groups in total. The molecule has 1 saturated carbocycles. The first-order chi connectivity index (χ1) is 13.4. The van der Waals surface area contributed by atoms with Crippen molar-refractivity contribution >= 4 is 22.3 Å². The van der Waals surface area contributed by atoms with Crippen molar-refractivity contribution < 1.29 is 9.50 Å². The van der Waals surface area contributed by atoms with Gasteiger partial charge in [-0.05, 0) is 80.3 Å². The van der Waals surface area contributed by atoms with E-state index in [2.05, 4.69) is 9.41 Å². The Morgan fingerprint density at radius 3 is 2.57 bits per heavy atom. The van der Waals surface area contributed by atoms with Crippen molar-refractivity contribution in [3.05, 3.63) is 58.8 Å². The van der Waals surface area contributed by atoms with Gasteiger partial charge in [0.1, 0.15) is 5.82 Å². The molecule has 0 unspecified atom stereocenters. The number of nitrogens with two attached hydrogens (primary N) is 1. The van der Waals surface area contributed by atoms with Gasteiger partial charge in [0.15, 0.2) is 5.69 Å². The Kier molecular flexibility index (Phi) is 4.60. The molecule has 2 aromatic carbocycles. The van der Waals surface area contributed by atoms with E-state index < -0.39 is 0 Å². The average molecular weight is 377 g/mol. The van der Waals surface area contributed by atoms with Gasteiger partial charge in [0.05, 0.1) is 12.7 Å². The van der Waals surface area contributed by atoms with Crippen LogP contribution in [0.1, 0.15) is 42.9 Å². The standard InChI is InChI=1S/C23H24FN3O/c1-13-10-22-17(11-21(13)26-3)18(23-14(2)20(25)9-8-19(23)24)12-27(22)15-4-6-16(28)7-5-15/h8-12,15-16,28H,4-7,25H2,1-2H3. The highest BCUT2D eigenvalue weighted by molar-refractivity contribution is 6.00. The van der Waals surface area contributed by atoms with Crippen LogP contribution >= 0.6 is 0 Å². The lowest BCUT2D eigenvalue weighted by Gasteiger charge is -2.27. The second-order valence-electron chi connectivity index (χ2n) is 7.82. The first kappa shape index (κ1) is 18.5. The van der Waals surface area contributed by atoms with E-state index in [1.165, 1.54) is 6.07 Å². The molecule has 0 aliphatic heterocycles. The number of aliphatic hydroxyl groups excluding tert-OH is 1. The Hall–Kier alpha value is -2.84. The number of fused-ring (bicyclic) bond motifs is 1. The van der Waals surface area contributed by atoms with Gasteiger partial charge in [0.2, 0.25) is 0 Å². The molecule has 28 heavy (non-hydrogen) atoms. The Morgan fingerprint density at radius 1 is 1.18 bits per heavy atom. The minimum atomic E-state index is -0.310. The monoisotopic (exact) mass is 377 g/mol. The lowest BCUT2D eigenvalue weighted by Crippen LogP contribution is -2.20. The summed E-state index contributed by atoms with van der Waals surface area (Å²) >= 11 is 0. The maximum Gasteiger partial charge on any atom is 0.190 e. The smallest absolute Gasteiger partial charge is 0.190 e. The van der Waals surface area contributed by atoms with E-state index in [1.807, 2.05) is 32.2 Å². The zero-order valence-corrected chi connectivity index (χ0v) is 16.2. The summed E-state index contributed by atoms with van der Waals surface area (Å²) in [5, 5.41) is 10.8. The molecule has 3 aromatic rings. The fourth-order valence-corrected chi connectivity index (χ4v) is 4.37.